The van der Waals surface area contributed by atoms with E-state index in [0.29, 0.717) is 31.1 Å². The number of hydrogen-bond donors (Lipinski definition) is 3. The predicted molar refractivity (Wildman–Crippen MR) is 108 cm³/mol. The van der Waals surface area contributed by atoms with Crippen LogP contribution in [0.2, 0.25) is 0 Å². The van der Waals surface area contributed by atoms with E-state index in [0.717, 1.165) is 31.4 Å². The van der Waals surface area contributed by atoms with Crippen LogP contribution >= 0.6 is 0 Å². The van der Waals surface area contributed by atoms with E-state index in [1.165, 1.54) is 12.5 Å². The second-order valence-corrected chi connectivity index (χ2v) is 8.63. The van der Waals surface area contributed by atoms with Gasteiger partial charge >= 0.3 is 0 Å². The fraction of sp³-hybridized carbons (Fsp3) is 0.476. The number of aromatic nitrogens is 3. The van der Waals surface area contributed by atoms with E-state index in [1.807, 2.05) is 6.07 Å². The summed E-state index contributed by atoms with van der Waals surface area (Å²) in [7, 11) is 0. The molecule has 2 unspecified atom stereocenters. The van der Waals surface area contributed by atoms with Crippen molar-refractivity contribution >= 4 is 17.6 Å². The monoisotopic (exact) mass is 408 g/mol. The molecule has 2 bridgehead atoms. The quantitative estimate of drug-likeness (QED) is 0.654. The third kappa shape index (κ3) is 3.49. The Balaban J connectivity index is 1.22. The highest BCUT2D eigenvalue weighted by Gasteiger charge is 2.56. The molecule has 3 heterocycles. The van der Waals surface area contributed by atoms with Gasteiger partial charge in [-0.05, 0) is 37.8 Å². The number of nitrogens with one attached hydrogen (secondary N) is 2. The molecule has 2 amide bonds. The lowest BCUT2D eigenvalue weighted by atomic mass is 9.97. The van der Waals surface area contributed by atoms with Gasteiger partial charge in [-0.1, -0.05) is 0 Å². The molecule has 2 saturated carbocycles. The Morgan fingerprint density at radius 2 is 2.10 bits per heavy atom. The Bertz CT molecular complexity index is 998. The molecule has 9 nitrogen and oxygen atoms in total. The molecular weight excluding hydrogens is 384 g/mol. The molecule has 2 aromatic rings. The van der Waals surface area contributed by atoms with Crippen molar-refractivity contribution in [1.29, 1.82) is 0 Å². The fourth-order valence-electron chi connectivity index (χ4n) is 4.50. The molecule has 0 aromatic carbocycles. The molecule has 0 spiro atoms. The van der Waals surface area contributed by atoms with E-state index >= 15 is 0 Å². The summed E-state index contributed by atoms with van der Waals surface area (Å²) in [6.45, 7) is 0.782. The van der Waals surface area contributed by atoms with Gasteiger partial charge < -0.3 is 21.1 Å². The number of nitrogens with zero attached hydrogens (tertiary/aromatic N) is 3. The van der Waals surface area contributed by atoms with Gasteiger partial charge in [0.05, 0.1) is 23.3 Å². The van der Waals surface area contributed by atoms with Gasteiger partial charge in [0.15, 0.2) is 0 Å². The largest absolute Gasteiger partial charge is 0.383 e. The Morgan fingerprint density at radius 3 is 2.83 bits per heavy atom. The Hall–Kier alpha value is -3.07. The van der Waals surface area contributed by atoms with Crippen molar-refractivity contribution in [2.24, 2.45) is 0 Å². The van der Waals surface area contributed by atoms with Crippen molar-refractivity contribution in [1.82, 2.24) is 25.6 Å². The van der Waals surface area contributed by atoms with Crippen LogP contribution in [0.5, 0.6) is 0 Å². The molecule has 2 atom stereocenters. The lowest BCUT2D eigenvalue weighted by molar-refractivity contribution is -0.0199. The molecule has 1 aliphatic heterocycles. The number of fused-ring (bicyclic) bond motifs is 2. The number of pyridine rings is 1. The van der Waals surface area contributed by atoms with Crippen molar-refractivity contribution in [3.63, 3.8) is 0 Å². The van der Waals surface area contributed by atoms with Crippen molar-refractivity contribution in [3.8, 4) is 0 Å². The number of rotatable bonds is 6. The molecular formula is C21H24N6O3. The minimum Gasteiger partial charge on any atom is -0.383 e. The smallest absolute Gasteiger partial charge is 0.256 e. The van der Waals surface area contributed by atoms with Crippen LogP contribution in [0.15, 0.2) is 30.9 Å². The second-order valence-electron chi connectivity index (χ2n) is 8.63. The topological polar surface area (TPSA) is 132 Å². The zero-order chi connectivity index (χ0) is 20.8. The SMILES string of the molecule is Nc1ncncc1C(=O)NCC12CCC(NC(=O)c3ccnc(C4CC4)c3)(CO1)C2. The van der Waals surface area contributed by atoms with Crippen LogP contribution in [0.4, 0.5) is 5.82 Å². The second kappa shape index (κ2) is 7.02. The summed E-state index contributed by atoms with van der Waals surface area (Å²) in [4.78, 5) is 37.4. The molecule has 0 radical (unpaired) electrons. The van der Waals surface area contributed by atoms with Gasteiger partial charge in [0.2, 0.25) is 0 Å². The molecule has 4 N–H and O–H groups in total. The van der Waals surface area contributed by atoms with Crippen LogP contribution < -0.4 is 16.4 Å². The summed E-state index contributed by atoms with van der Waals surface area (Å²) >= 11 is 0. The number of carbonyl (C=O) groups is 2. The van der Waals surface area contributed by atoms with Gasteiger partial charge in [0.1, 0.15) is 12.1 Å². The highest BCUT2D eigenvalue weighted by atomic mass is 16.5. The van der Waals surface area contributed by atoms with E-state index in [9.17, 15) is 9.59 Å². The van der Waals surface area contributed by atoms with Crippen LogP contribution in [0.1, 0.15) is 64.4 Å². The normalized spacial score (nSPS) is 27.1. The van der Waals surface area contributed by atoms with Crippen LogP contribution in [0.25, 0.3) is 0 Å². The highest BCUT2D eigenvalue weighted by Crippen LogP contribution is 2.47. The molecule has 3 aliphatic rings. The van der Waals surface area contributed by atoms with Gasteiger partial charge in [0.25, 0.3) is 11.8 Å². The average molecular weight is 408 g/mol. The van der Waals surface area contributed by atoms with E-state index in [4.69, 9.17) is 10.5 Å². The number of amides is 2. The minimum absolute atomic E-state index is 0.0983. The summed E-state index contributed by atoms with van der Waals surface area (Å²) in [5, 5.41) is 6.08. The predicted octanol–water partition coefficient (Wildman–Crippen LogP) is 1.18. The standard InChI is InChI=1S/C21H24N6O3/c22-17-15(8-23-12-26-17)19(29)25-10-21-5-4-20(9-21,11-30-21)27-18(28)14-3-6-24-16(7-14)13-1-2-13/h3,6-8,12-13H,1-2,4-5,9-11H2,(H,25,29)(H,27,28)(H2,22,23,26). The minimum atomic E-state index is -0.481. The van der Waals surface area contributed by atoms with E-state index < -0.39 is 11.1 Å². The summed E-state index contributed by atoms with van der Waals surface area (Å²) in [6.07, 6.45) is 8.93. The lowest BCUT2D eigenvalue weighted by Crippen LogP contribution is -2.48. The van der Waals surface area contributed by atoms with Crippen molar-refractivity contribution in [2.45, 2.75) is 49.2 Å². The molecule has 2 aromatic heterocycles. The summed E-state index contributed by atoms with van der Waals surface area (Å²) in [5.74, 6) is 0.212. The van der Waals surface area contributed by atoms with Crippen LogP contribution in [0, 0.1) is 0 Å². The van der Waals surface area contributed by atoms with Crippen LogP contribution in [0.3, 0.4) is 0 Å². The Morgan fingerprint density at radius 1 is 1.23 bits per heavy atom. The number of hydrogen-bond acceptors (Lipinski definition) is 7. The molecule has 5 rings (SSSR count). The fourth-order valence-corrected chi connectivity index (χ4v) is 4.50. The maximum absolute atomic E-state index is 12.9. The zero-order valence-corrected chi connectivity index (χ0v) is 16.6. The van der Waals surface area contributed by atoms with Crippen molar-refractivity contribution < 1.29 is 14.3 Å². The van der Waals surface area contributed by atoms with E-state index in [1.54, 1.807) is 12.3 Å². The first-order valence-electron chi connectivity index (χ1n) is 10.2. The van der Waals surface area contributed by atoms with Crippen molar-refractivity contribution in [2.75, 3.05) is 18.9 Å². The number of nitrogens with two attached hydrogens (primary N) is 1. The maximum Gasteiger partial charge on any atom is 0.256 e. The van der Waals surface area contributed by atoms with Crippen molar-refractivity contribution in [3.05, 3.63) is 47.7 Å². The third-order valence-corrected chi connectivity index (χ3v) is 6.35. The molecule has 156 valence electrons. The van der Waals surface area contributed by atoms with Gasteiger partial charge in [-0.2, -0.15) is 0 Å². The van der Waals surface area contributed by atoms with Gasteiger partial charge in [0, 0.05) is 42.5 Å². The van der Waals surface area contributed by atoms with E-state index in [-0.39, 0.29) is 23.2 Å². The third-order valence-electron chi connectivity index (χ3n) is 6.35. The van der Waals surface area contributed by atoms with Gasteiger partial charge in [-0.3, -0.25) is 14.6 Å². The first-order valence-corrected chi connectivity index (χ1v) is 10.2. The number of carbonyl (C=O) groups excluding carboxylic acids is 2. The average Bonchev–Trinajstić information content (AvgIpc) is 3.48. The summed E-state index contributed by atoms with van der Waals surface area (Å²) in [6, 6.07) is 3.65. The first kappa shape index (κ1) is 18.9. The summed E-state index contributed by atoms with van der Waals surface area (Å²) < 4.78 is 6.06. The van der Waals surface area contributed by atoms with Crippen LogP contribution in [-0.4, -0.2) is 51.1 Å². The van der Waals surface area contributed by atoms with Crippen LogP contribution in [-0.2, 0) is 4.74 Å². The number of nitrogen functional groups attached to an aromatic ring is 1. The zero-order valence-electron chi connectivity index (χ0n) is 16.6. The van der Waals surface area contributed by atoms with E-state index in [2.05, 4.69) is 25.6 Å². The van der Waals surface area contributed by atoms with Gasteiger partial charge in [-0.25, -0.2) is 9.97 Å². The Labute approximate surface area is 173 Å². The first-order chi connectivity index (χ1) is 14.5. The van der Waals surface area contributed by atoms with Gasteiger partial charge in [-0.15, -0.1) is 0 Å². The Kier molecular flexibility index (Phi) is 4.43. The highest BCUT2D eigenvalue weighted by molar-refractivity contribution is 5.98. The molecule has 30 heavy (non-hydrogen) atoms. The molecule has 1 saturated heterocycles. The number of anilines is 1. The maximum atomic E-state index is 12.9. The summed E-state index contributed by atoms with van der Waals surface area (Å²) in [5.41, 5.74) is 6.74. The molecule has 3 fully saturated rings. The lowest BCUT2D eigenvalue weighted by Gasteiger charge is -2.29. The molecule has 9 heteroatoms. The number of ether oxygens (including phenoxy) is 1. The molecule has 2 aliphatic carbocycles.